The molecule has 0 spiro atoms. The maximum Gasteiger partial charge on any atom is 0.224 e. The van der Waals surface area contributed by atoms with Gasteiger partial charge in [-0.1, -0.05) is 44.7 Å². The van der Waals surface area contributed by atoms with Gasteiger partial charge in [0.2, 0.25) is 5.91 Å². The van der Waals surface area contributed by atoms with Crippen LogP contribution < -0.4 is 11.1 Å². The standard InChI is InChI=1S/C15H24N2O/c1-2-3-4-5-6-10-15(18)17-14-9-7-8-13(11-14)12-16/h7-9,11H,2-6,10,12,16H2,1H3,(H,17,18). The number of benzene rings is 1. The second-order valence-electron chi connectivity index (χ2n) is 4.62. The van der Waals surface area contributed by atoms with Crippen LogP contribution >= 0.6 is 0 Å². The van der Waals surface area contributed by atoms with Gasteiger partial charge in [0.1, 0.15) is 0 Å². The van der Waals surface area contributed by atoms with Gasteiger partial charge in [0.05, 0.1) is 0 Å². The van der Waals surface area contributed by atoms with Gasteiger partial charge in [-0.05, 0) is 24.1 Å². The van der Waals surface area contributed by atoms with Crippen molar-refractivity contribution in [3.8, 4) is 0 Å². The lowest BCUT2D eigenvalue weighted by Gasteiger charge is -2.06. The van der Waals surface area contributed by atoms with E-state index >= 15 is 0 Å². The van der Waals surface area contributed by atoms with E-state index in [0.29, 0.717) is 13.0 Å². The number of unbranched alkanes of at least 4 members (excludes halogenated alkanes) is 4. The number of amides is 1. The van der Waals surface area contributed by atoms with Crippen molar-refractivity contribution in [2.75, 3.05) is 5.32 Å². The Morgan fingerprint density at radius 3 is 2.72 bits per heavy atom. The Bertz CT molecular complexity index is 363. The average molecular weight is 248 g/mol. The highest BCUT2D eigenvalue weighted by Gasteiger charge is 2.02. The topological polar surface area (TPSA) is 55.1 Å². The number of hydrogen-bond acceptors (Lipinski definition) is 2. The summed E-state index contributed by atoms with van der Waals surface area (Å²) in [7, 11) is 0. The Balaban J connectivity index is 2.26. The Morgan fingerprint density at radius 1 is 1.22 bits per heavy atom. The Morgan fingerprint density at radius 2 is 2.00 bits per heavy atom. The molecule has 0 unspecified atom stereocenters. The quantitative estimate of drug-likeness (QED) is 0.692. The largest absolute Gasteiger partial charge is 0.326 e. The molecule has 3 N–H and O–H groups in total. The third-order valence-electron chi connectivity index (χ3n) is 2.95. The minimum absolute atomic E-state index is 0.0978. The first-order valence-corrected chi connectivity index (χ1v) is 6.85. The lowest BCUT2D eigenvalue weighted by atomic mass is 10.1. The van der Waals surface area contributed by atoms with Crippen LogP contribution in [-0.4, -0.2) is 5.91 Å². The van der Waals surface area contributed by atoms with Crippen LogP contribution in [0.25, 0.3) is 0 Å². The summed E-state index contributed by atoms with van der Waals surface area (Å²) in [5.41, 5.74) is 7.45. The molecule has 1 amide bonds. The van der Waals surface area contributed by atoms with Gasteiger partial charge in [0, 0.05) is 18.7 Å². The van der Waals surface area contributed by atoms with E-state index in [1.54, 1.807) is 0 Å². The predicted molar refractivity (Wildman–Crippen MR) is 76.3 cm³/mol. The van der Waals surface area contributed by atoms with Gasteiger partial charge in [0.15, 0.2) is 0 Å². The summed E-state index contributed by atoms with van der Waals surface area (Å²) in [5.74, 6) is 0.0978. The van der Waals surface area contributed by atoms with Gasteiger partial charge in [-0.15, -0.1) is 0 Å². The van der Waals surface area contributed by atoms with Crippen molar-refractivity contribution in [1.29, 1.82) is 0 Å². The van der Waals surface area contributed by atoms with Gasteiger partial charge < -0.3 is 11.1 Å². The predicted octanol–water partition coefficient (Wildman–Crippen LogP) is 3.44. The monoisotopic (exact) mass is 248 g/mol. The van der Waals surface area contributed by atoms with E-state index in [4.69, 9.17) is 5.73 Å². The summed E-state index contributed by atoms with van der Waals surface area (Å²) in [6, 6.07) is 7.70. The van der Waals surface area contributed by atoms with Crippen molar-refractivity contribution in [2.45, 2.75) is 52.0 Å². The number of carbonyl (C=O) groups is 1. The van der Waals surface area contributed by atoms with E-state index in [-0.39, 0.29) is 5.91 Å². The minimum Gasteiger partial charge on any atom is -0.326 e. The van der Waals surface area contributed by atoms with Gasteiger partial charge in [-0.3, -0.25) is 4.79 Å². The molecule has 1 aromatic carbocycles. The first-order valence-electron chi connectivity index (χ1n) is 6.85. The zero-order valence-electron chi connectivity index (χ0n) is 11.2. The highest BCUT2D eigenvalue weighted by molar-refractivity contribution is 5.90. The molecule has 0 aromatic heterocycles. The van der Waals surface area contributed by atoms with Crippen LogP contribution in [0.2, 0.25) is 0 Å². The van der Waals surface area contributed by atoms with E-state index in [9.17, 15) is 4.79 Å². The second kappa shape index (κ2) is 8.70. The number of rotatable bonds is 8. The van der Waals surface area contributed by atoms with Crippen LogP contribution in [-0.2, 0) is 11.3 Å². The highest BCUT2D eigenvalue weighted by Crippen LogP contribution is 2.11. The molecule has 0 saturated heterocycles. The van der Waals surface area contributed by atoms with Crippen LogP contribution in [0.3, 0.4) is 0 Å². The SMILES string of the molecule is CCCCCCCC(=O)Nc1cccc(CN)c1. The van der Waals surface area contributed by atoms with Crippen molar-refractivity contribution in [1.82, 2.24) is 0 Å². The maximum atomic E-state index is 11.7. The third kappa shape index (κ3) is 5.82. The van der Waals surface area contributed by atoms with Crippen LogP contribution in [0.5, 0.6) is 0 Å². The van der Waals surface area contributed by atoms with Crippen LogP contribution in [0.15, 0.2) is 24.3 Å². The fraction of sp³-hybridized carbons (Fsp3) is 0.533. The molecule has 0 aliphatic heterocycles. The normalized spacial score (nSPS) is 10.3. The first-order chi connectivity index (χ1) is 8.76. The van der Waals surface area contributed by atoms with Gasteiger partial charge in [0.25, 0.3) is 0 Å². The summed E-state index contributed by atoms with van der Waals surface area (Å²) in [6.45, 7) is 2.69. The summed E-state index contributed by atoms with van der Waals surface area (Å²) < 4.78 is 0. The molecule has 0 aliphatic rings. The van der Waals surface area contributed by atoms with Crippen LogP contribution in [0.1, 0.15) is 51.0 Å². The van der Waals surface area contributed by atoms with Crippen molar-refractivity contribution in [3.63, 3.8) is 0 Å². The summed E-state index contributed by atoms with van der Waals surface area (Å²) >= 11 is 0. The molecule has 0 aliphatic carbocycles. The fourth-order valence-corrected chi connectivity index (χ4v) is 1.89. The molecule has 18 heavy (non-hydrogen) atoms. The highest BCUT2D eigenvalue weighted by atomic mass is 16.1. The molecule has 100 valence electrons. The van der Waals surface area contributed by atoms with Crippen LogP contribution in [0, 0.1) is 0 Å². The van der Waals surface area contributed by atoms with Crippen molar-refractivity contribution < 1.29 is 4.79 Å². The molecular weight excluding hydrogens is 224 g/mol. The number of nitrogens with two attached hydrogens (primary N) is 1. The van der Waals surface area contributed by atoms with E-state index in [1.807, 2.05) is 24.3 Å². The van der Waals surface area contributed by atoms with Gasteiger partial charge in [-0.25, -0.2) is 0 Å². The number of anilines is 1. The third-order valence-corrected chi connectivity index (χ3v) is 2.95. The zero-order valence-corrected chi connectivity index (χ0v) is 11.2. The Hall–Kier alpha value is -1.35. The molecule has 1 rings (SSSR count). The molecule has 3 heteroatoms. The molecule has 0 heterocycles. The smallest absolute Gasteiger partial charge is 0.224 e. The van der Waals surface area contributed by atoms with Gasteiger partial charge in [-0.2, -0.15) is 0 Å². The summed E-state index contributed by atoms with van der Waals surface area (Å²) in [4.78, 5) is 11.7. The molecule has 1 aromatic rings. The van der Waals surface area contributed by atoms with Crippen molar-refractivity contribution in [3.05, 3.63) is 29.8 Å². The Kier molecular flexibility index (Phi) is 7.11. The molecule has 0 bridgehead atoms. The average Bonchev–Trinajstić information content (AvgIpc) is 2.38. The minimum atomic E-state index is 0.0978. The van der Waals surface area contributed by atoms with E-state index in [2.05, 4.69) is 12.2 Å². The molecule has 0 atom stereocenters. The summed E-state index contributed by atoms with van der Waals surface area (Å²) in [6.07, 6.45) is 6.45. The van der Waals surface area contributed by atoms with Crippen molar-refractivity contribution in [2.24, 2.45) is 5.73 Å². The van der Waals surface area contributed by atoms with E-state index in [1.165, 1.54) is 19.3 Å². The molecule has 0 saturated carbocycles. The first kappa shape index (κ1) is 14.7. The number of nitrogens with one attached hydrogen (secondary N) is 1. The second-order valence-corrected chi connectivity index (χ2v) is 4.62. The lowest BCUT2D eigenvalue weighted by molar-refractivity contribution is -0.116. The molecule has 0 fully saturated rings. The van der Waals surface area contributed by atoms with Crippen molar-refractivity contribution >= 4 is 11.6 Å². The maximum absolute atomic E-state index is 11.7. The molecular formula is C15H24N2O. The van der Waals surface area contributed by atoms with Crippen LogP contribution in [0.4, 0.5) is 5.69 Å². The Labute approximate surface area is 110 Å². The fourth-order valence-electron chi connectivity index (χ4n) is 1.89. The zero-order chi connectivity index (χ0) is 13.2. The number of hydrogen-bond donors (Lipinski definition) is 2. The lowest BCUT2D eigenvalue weighted by Crippen LogP contribution is -2.11. The van der Waals surface area contributed by atoms with E-state index < -0.39 is 0 Å². The van der Waals surface area contributed by atoms with E-state index in [0.717, 1.165) is 24.1 Å². The summed E-state index contributed by atoms with van der Waals surface area (Å²) in [5, 5.41) is 2.91. The molecule has 0 radical (unpaired) electrons. The van der Waals surface area contributed by atoms with Gasteiger partial charge >= 0.3 is 0 Å². The molecule has 3 nitrogen and oxygen atoms in total. The number of carbonyl (C=O) groups excluding carboxylic acids is 1.